The molecule has 0 saturated heterocycles. The number of hydrogen-bond acceptors (Lipinski definition) is 4. The summed E-state index contributed by atoms with van der Waals surface area (Å²) in [6.07, 6.45) is 4.96. The standard InChI is InChI=1S/C22H31FO5/c1-12-10-15-14-8-7-13-6-4-5-9-19(13,2)21(14,23)16(24)11-20(15,3)22(12,28)17(25)18(26)27/h5-6,9,12,14-17,24-25,28H,4,7-8,10-11H2,1-3H3,(H,26,27)/t12-,14+,15+,16+,17+,19+,20+,21+,22+/m1/s1. The third kappa shape index (κ3) is 2.04. The molecular weight excluding hydrogens is 363 g/mol. The molecule has 5 nitrogen and oxygen atoms in total. The van der Waals surface area contributed by atoms with E-state index < -0.39 is 52.1 Å². The van der Waals surface area contributed by atoms with Crippen molar-refractivity contribution in [3.05, 3.63) is 23.8 Å². The Balaban J connectivity index is 1.83. The molecule has 0 spiro atoms. The molecule has 156 valence electrons. The third-order valence-corrected chi connectivity index (χ3v) is 9.01. The van der Waals surface area contributed by atoms with E-state index in [1.54, 1.807) is 13.8 Å². The van der Waals surface area contributed by atoms with Crippen molar-refractivity contribution in [2.24, 2.45) is 28.6 Å². The molecule has 6 heteroatoms. The molecule has 0 aliphatic heterocycles. The highest BCUT2D eigenvalue weighted by molar-refractivity contribution is 5.74. The van der Waals surface area contributed by atoms with Crippen LogP contribution in [0.25, 0.3) is 0 Å². The minimum Gasteiger partial charge on any atom is -0.479 e. The molecule has 4 aliphatic rings. The predicted molar refractivity (Wildman–Crippen MR) is 101 cm³/mol. The summed E-state index contributed by atoms with van der Waals surface area (Å²) in [6, 6.07) is 0. The summed E-state index contributed by atoms with van der Waals surface area (Å²) in [5.41, 5.74) is -4.75. The van der Waals surface area contributed by atoms with E-state index >= 15 is 4.39 Å². The van der Waals surface area contributed by atoms with Crippen molar-refractivity contribution in [1.29, 1.82) is 0 Å². The Morgan fingerprint density at radius 3 is 2.64 bits per heavy atom. The van der Waals surface area contributed by atoms with E-state index in [-0.39, 0.29) is 12.3 Å². The van der Waals surface area contributed by atoms with Gasteiger partial charge in [0.05, 0.1) is 6.10 Å². The molecule has 0 radical (unpaired) electrons. The van der Waals surface area contributed by atoms with Gasteiger partial charge in [0.1, 0.15) is 5.60 Å². The molecule has 0 amide bonds. The number of halogens is 1. The Hall–Kier alpha value is -1.24. The van der Waals surface area contributed by atoms with Crippen LogP contribution in [0.5, 0.6) is 0 Å². The number of fused-ring (bicyclic) bond motifs is 5. The first-order valence-corrected chi connectivity index (χ1v) is 10.3. The lowest BCUT2D eigenvalue weighted by atomic mass is 9.44. The van der Waals surface area contributed by atoms with Crippen molar-refractivity contribution in [2.45, 2.75) is 76.4 Å². The van der Waals surface area contributed by atoms with E-state index in [9.17, 15) is 25.2 Å². The number of allylic oxidation sites excluding steroid dienone is 4. The fourth-order valence-electron chi connectivity index (χ4n) is 7.49. The summed E-state index contributed by atoms with van der Waals surface area (Å²) in [4.78, 5) is 11.6. The normalized spacial score (nSPS) is 53.6. The molecule has 0 bridgehead atoms. The topological polar surface area (TPSA) is 98.0 Å². The lowest BCUT2D eigenvalue weighted by molar-refractivity contribution is -0.241. The Morgan fingerprint density at radius 1 is 1.32 bits per heavy atom. The Morgan fingerprint density at radius 2 is 2.00 bits per heavy atom. The summed E-state index contributed by atoms with van der Waals surface area (Å²) in [6.45, 7) is 5.29. The molecule has 4 rings (SSSR count). The minimum absolute atomic E-state index is 0.0768. The van der Waals surface area contributed by atoms with Gasteiger partial charge in [-0.05, 0) is 50.9 Å². The number of hydrogen-bond donors (Lipinski definition) is 4. The lowest BCUT2D eigenvalue weighted by Gasteiger charge is -2.63. The second-order valence-corrected chi connectivity index (χ2v) is 9.93. The summed E-state index contributed by atoms with van der Waals surface area (Å²) >= 11 is 0. The van der Waals surface area contributed by atoms with E-state index in [1.165, 1.54) is 0 Å². The van der Waals surface area contributed by atoms with E-state index in [4.69, 9.17) is 0 Å². The van der Waals surface area contributed by atoms with Crippen LogP contribution in [-0.4, -0.2) is 49.9 Å². The summed E-state index contributed by atoms with van der Waals surface area (Å²) in [7, 11) is 0. The highest BCUT2D eigenvalue weighted by atomic mass is 19.1. The average Bonchev–Trinajstić information content (AvgIpc) is 2.83. The number of aliphatic hydroxyl groups excluding tert-OH is 2. The van der Waals surface area contributed by atoms with Gasteiger partial charge in [0, 0.05) is 16.7 Å². The Kier molecular flexibility index (Phi) is 4.22. The quantitative estimate of drug-likeness (QED) is 0.540. The second-order valence-electron chi connectivity index (χ2n) is 9.93. The molecule has 0 aromatic carbocycles. The first-order valence-electron chi connectivity index (χ1n) is 10.3. The van der Waals surface area contributed by atoms with Gasteiger partial charge in [-0.1, -0.05) is 37.6 Å². The smallest absolute Gasteiger partial charge is 0.335 e. The van der Waals surface area contributed by atoms with Crippen LogP contribution in [0, 0.1) is 28.6 Å². The number of carboxylic acid groups (broad SMARTS) is 1. The monoisotopic (exact) mass is 394 g/mol. The minimum atomic E-state index is -1.97. The van der Waals surface area contributed by atoms with Crippen LogP contribution in [-0.2, 0) is 4.79 Å². The van der Waals surface area contributed by atoms with Gasteiger partial charge in [0.2, 0.25) is 0 Å². The summed E-state index contributed by atoms with van der Waals surface area (Å²) in [5, 5.41) is 42.4. The highest BCUT2D eigenvalue weighted by Crippen LogP contribution is 2.71. The predicted octanol–water partition coefficient (Wildman–Crippen LogP) is 2.60. The average molecular weight is 394 g/mol. The maximum Gasteiger partial charge on any atom is 0.335 e. The fourth-order valence-corrected chi connectivity index (χ4v) is 7.49. The number of carbonyl (C=O) groups is 1. The Labute approximate surface area is 165 Å². The molecular formula is C22H31FO5. The van der Waals surface area contributed by atoms with Gasteiger partial charge >= 0.3 is 5.97 Å². The number of aliphatic carboxylic acids is 1. The molecule has 0 unspecified atom stereocenters. The molecule has 4 aliphatic carbocycles. The highest BCUT2D eigenvalue weighted by Gasteiger charge is 2.75. The van der Waals surface area contributed by atoms with Crippen molar-refractivity contribution in [3.63, 3.8) is 0 Å². The van der Waals surface area contributed by atoms with Gasteiger partial charge in [-0.2, -0.15) is 0 Å². The molecule has 28 heavy (non-hydrogen) atoms. The zero-order chi connectivity index (χ0) is 20.7. The Bertz CT molecular complexity index is 764. The number of carboxylic acids is 1. The van der Waals surface area contributed by atoms with Crippen LogP contribution in [0.4, 0.5) is 4.39 Å². The maximum atomic E-state index is 16.9. The molecule has 0 aromatic rings. The maximum absolute atomic E-state index is 16.9. The molecule has 0 heterocycles. The number of aliphatic hydroxyl groups is 3. The first-order chi connectivity index (χ1) is 12.9. The third-order valence-electron chi connectivity index (χ3n) is 9.01. The molecule has 4 N–H and O–H groups in total. The van der Waals surface area contributed by atoms with Gasteiger partial charge in [-0.3, -0.25) is 0 Å². The molecule has 3 saturated carbocycles. The van der Waals surface area contributed by atoms with Crippen LogP contribution < -0.4 is 0 Å². The van der Waals surface area contributed by atoms with Gasteiger partial charge in [0.25, 0.3) is 0 Å². The van der Waals surface area contributed by atoms with Gasteiger partial charge in [0.15, 0.2) is 11.8 Å². The zero-order valence-electron chi connectivity index (χ0n) is 16.7. The second kappa shape index (κ2) is 5.89. The largest absolute Gasteiger partial charge is 0.479 e. The van der Waals surface area contributed by atoms with Crippen LogP contribution in [0.15, 0.2) is 23.8 Å². The van der Waals surface area contributed by atoms with Crippen molar-refractivity contribution < 1.29 is 29.6 Å². The summed E-state index contributed by atoms with van der Waals surface area (Å²) < 4.78 is 16.9. The zero-order valence-corrected chi connectivity index (χ0v) is 16.7. The van der Waals surface area contributed by atoms with Crippen molar-refractivity contribution in [3.8, 4) is 0 Å². The number of rotatable bonds is 2. The fraction of sp³-hybridized carbons (Fsp3) is 0.773. The van der Waals surface area contributed by atoms with Crippen molar-refractivity contribution >= 4 is 5.97 Å². The van der Waals surface area contributed by atoms with Gasteiger partial charge in [-0.25, -0.2) is 9.18 Å². The van der Waals surface area contributed by atoms with Crippen LogP contribution in [0.3, 0.4) is 0 Å². The van der Waals surface area contributed by atoms with E-state index in [1.807, 2.05) is 19.1 Å². The molecule has 3 fully saturated rings. The van der Waals surface area contributed by atoms with Crippen LogP contribution in [0.1, 0.15) is 52.9 Å². The van der Waals surface area contributed by atoms with Crippen LogP contribution >= 0.6 is 0 Å². The van der Waals surface area contributed by atoms with Gasteiger partial charge in [-0.15, -0.1) is 0 Å². The van der Waals surface area contributed by atoms with Crippen LogP contribution in [0.2, 0.25) is 0 Å². The number of alkyl halides is 1. The van der Waals surface area contributed by atoms with Gasteiger partial charge < -0.3 is 20.4 Å². The summed E-state index contributed by atoms with van der Waals surface area (Å²) in [5.74, 6) is -2.83. The van der Waals surface area contributed by atoms with E-state index in [2.05, 4.69) is 6.08 Å². The van der Waals surface area contributed by atoms with Crippen molar-refractivity contribution in [2.75, 3.05) is 0 Å². The molecule has 9 atom stereocenters. The SMILES string of the molecule is C[C@@H]1C[C@H]2[C@@H]3CCC4=CCC=C[C@]4(C)[C@@]3(F)[C@@H](O)C[C@]2(C)[C@@]1(O)[C@@H](O)C(=O)O. The first kappa shape index (κ1) is 20.0. The van der Waals surface area contributed by atoms with Crippen molar-refractivity contribution in [1.82, 2.24) is 0 Å². The molecule has 0 aromatic heterocycles. The van der Waals surface area contributed by atoms with E-state index in [0.29, 0.717) is 12.8 Å². The van der Waals surface area contributed by atoms with E-state index in [0.717, 1.165) is 18.4 Å². The lowest BCUT2D eigenvalue weighted by Crippen LogP contribution is -2.70.